The van der Waals surface area contributed by atoms with Crippen LogP contribution in [0.25, 0.3) is 21.2 Å². The summed E-state index contributed by atoms with van der Waals surface area (Å²) in [6.45, 7) is 5.00. The maximum Gasteiger partial charge on any atom is 0.336 e. The van der Waals surface area contributed by atoms with Gasteiger partial charge in [0.2, 0.25) is 0 Å². The van der Waals surface area contributed by atoms with Crippen LogP contribution in [0.15, 0.2) is 45.6 Å². The van der Waals surface area contributed by atoms with Gasteiger partial charge < -0.3 is 9.52 Å². The molecule has 5 nitrogen and oxygen atoms in total. The number of para-hydroxylation sites is 1. The number of phenols is 1. The van der Waals surface area contributed by atoms with Crippen molar-refractivity contribution in [3.8, 4) is 5.75 Å². The fourth-order valence-electron chi connectivity index (χ4n) is 3.53. The summed E-state index contributed by atoms with van der Waals surface area (Å²) >= 11 is 1.67. The minimum atomic E-state index is -0.399. The number of thiazole rings is 1. The van der Waals surface area contributed by atoms with Crippen LogP contribution in [-0.2, 0) is 19.5 Å². The van der Waals surface area contributed by atoms with Crippen LogP contribution in [0.1, 0.15) is 28.6 Å². The van der Waals surface area contributed by atoms with E-state index in [0.29, 0.717) is 30.7 Å². The van der Waals surface area contributed by atoms with Crippen LogP contribution < -0.4 is 5.63 Å². The predicted octanol–water partition coefficient (Wildman–Crippen LogP) is 4.61. The number of aromatic nitrogens is 1. The topological polar surface area (TPSA) is 66.6 Å². The molecular formula is C22H22N2O3S. The van der Waals surface area contributed by atoms with Gasteiger partial charge in [0, 0.05) is 18.0 Å². The molecule has 4 rings (SSSR count). The van der Waals surface area contributed by atoms with Crippen molar-refractivity contribution in [1.29, 1.82) is 0 Å². The Bertz CT molecular complexity index is 1190. The molecule has 0 fully saturated rings. The molecule has 28 heavy (non-hydrogen) atoms. The number of nitrogens with zero attached hydrogens (tertiary/aromatic N) is 2. The van der Waals surface area contributed by atoms with E-state index in [4.69, 9.17) is 4.42 Å². The molecule has 1 N–H and O–H groups in total. The number of hydrogen-bond donors (Lipinski definition) is 1. The van der Waals surface area contributed by atoms with Crippen molar-refractivity contribution in [3.05, 3.63) is 68.5 Å². The quantitative estimate of drug-likeness (QED) is 0.501. The Morgan fingerprint density at radius 2 is 2.00 bits per heavy atom. The summed E-state index contributed by atoms with van der Waals surface area (Å²) < 4.78 is 6.66. The third-order valence-electron chi connectivity index (χ3n) is 4.94. The Morgan fingerprint density at radius 3 is 2.75 bits per heavy atom. The van der Waals surface area contributed by atoms with Crippen molar-refractivity contribution in [2.45, 2.75) is 33.4 Å². The van der Waals surface area contributed by atoms with E-state index in [1.54, 1.807) is 11.3 Å². The fourth-order valence-corrected chi connectivity index (χ4v) is 4.57. The lowest BCUT2D eigenvalue weighted by molar-refractivity contribution is 0.311. The van der Waals surface area contributed by atoms with E-state index in [2.05, 4.69) is 16.0 Å². The minimum absolute atomic E-state index is 0.208. The van der Waals surface area contributed by atoms with E-state index < -0.39 is 5.63 Å². The van der Waals surface area contributed by atoms with Crippen LogP contribution >= 0.6 is 11.3 Å². The highest BCUT2D eigenvalue weighted by Crippen LogP contribution is 2.34. The molecule has 0 aliphatic carbocycles. The molecule has 0 spiro atoms. The van der Waals surface area contributed by atoms with Crippen molar-refractivity contribution in [2.75, 3.05) is 7.05 Å². The average molecular weight is 394 g/mol. The summed E-state index contributed by atoms with van der Waals surface area (Å²) in [4.78, 5) is 18.7. The largest absolute Gasteiger partial charge is 0.507 e. The van der Waals surface area contributed by atoms with Crippen LogP contribution in [0.5, 0.6) is 5.75 Å². The van der Waals surface area contributed by atoms with Crippen molar-refractivity contribution in [3.63, 3.8) is 0 Å². The standard InChI is InChI=1S/C22H22N2O3S/c1-4-14-10-15-13(2)9-20(25)27-22(15)16(21(14)26)11-24(3)12-19-23-17-7-5-6-8-18(17)28-19/h5-10,26H,4,11-12H2,1-3H3. The molecule has 0 saturated heterocycles. The number of benzene rings is 2. The number of aromatic hydroxyl groups is 1. The molecule has 0 amide bonds. The van der Waals surface area contributed by atoms with Gasteiger partial charge in [0.1, 0.15) is 16.3 Å². The Morgan fingerprint density at radius 1 is 1.21 bits per heavy atom. The van der Waals surface area contributed by atoms with Crippen LogP contribution in [-0.4, -0.2) is 22.0 Å². The highest BCUT2D eigenvalue weighted by atomic mass is 32.1. The van der Waals surface area contributed by atoms with Crippen LogP contribution in [0.4, 0.5) is 0 Å². The van der Waals surface area contributed by atoms with E-state index >= 15 is 0 Å². The van der Waals surface area contributed by atoms with Gasteiger partial charge >= 0.3 is 5.63 Å². The summed E-state index contributed by atoms with van der Waals surface area (Å²) in [6, 6.07) is 11.5. The summed E-state index contributed by atoms with van der Waals surface area (Å²) in [5.74, 6) is 0.208. The SMILES string of the molecule is CCc1cc2c(C)cc(=O)oc2c(CN(C)Cc2nc3ccccc3s2)c1O. The van der Waals surface area contributed by atoms with E-state index in [1.165, 1.54) is 6.07 Å². The zero-order valence-electron chi connectivity index (χ0n) is 16.2. The Balaban J connectivity index is 1.71. The van der Waals surface area contributed by atoms with E-state index in [1.807, 2.05) is 45.2 Å². The van der Waals surface area contributed by atoms with Crippen LogP contribution in [0.3, 0.4) is 0 Å². The molecule has 0 aliphatic rings. The predicted molar refractivity (Wildman–Crippen MR) is 113 cm³/mol. The average Bonchev–Trinajstić information content (AvgIpc) is 3.06. The first-order valence-corrected chi connectivity index (χ1v) is 10.1. The first-order valence-electron chi connectivity index (χ1n) is 9.27. The molecule has 0 atom stereocenters. The molecule has 0 saturated carbocycles. The monoisotopic (exact) mass is 394 g/mol. The van der Waals surface area contributed by atoms with Crippen molar-refractivity contribution in [2.24, 2.45) is 0 Å². The highest BCUT2D eigenvalue weighted by Gasteiger charge is 2.18. The maximum absolute atomic E-state index is 11.9. The molecular weight excluding hydrogens is 372 g/mol. The van der Waals surface area contributed by atoms with Gasteiger partial charge in [0.05, 0.1) is 22.3 Å². The van der Waals surface area contributed by atoms with Crippen molar-refractivity contribution >= 4 is 32.5 Å². The number of fused-ring (bicyclic) bond motifs is 2. The number of aryl methyl sites for hydroxylation is 2. The third kappa shape index (κ3) is 3.41. The van der Waals surface area contributed by atoms with Crippen molar-refractivity contribution in [1.82, 2.24) is 9.88 Å². The zero-order valence-corrected chi connectivity index (χ0v) is 17.0. The fraction of sp³-hybridized carbons (Fsp3) is 0.273. The van der Waals surface area contributed by atoms with Crippen LogP contribution in [0, 0.1) is 6.92 Å². The van der Waals surface area contributed by atoms with Gasteiger partial charge in [-0.3, -0.25) is 4.90 Å². The van der Waals surface area contributed by atoms with Gasteiger partial charge in [0.25, 0.3) is 0 Å². The number of hydrogen-bond acceptors (Lipinski definition) is 6. The second kappa shape index (κ2) is 7.37. The molecule has 6 heteroatoms. The molecule has 2 aromatic carbocycles. The first-order chi connectivity index (χ1) is 13.5. The molecule has 0 unspecified atom stereocenters. The molecule has 0 bridgehead atoms. The molecule has 4 aromatic rings. The van der Waals surface area contributed by atoms with Gasteiger partial charge in [0.15, 0.2) is 0 Å². The summed E-state index contributed by atoms with van der Waals surface area (Å²) in [7, 11) is 1.98. The maximum atomic E-state index is 11.9. The number of phenolic OH excluding ortho intramolecular Hbond substituents is 1. The summed E-state index contributed by atoms with van der Waals surface area (Å²) in [6.07, 6.45) is 0.703. The Kier molecular flexibility index (Phi) is 4.91. The van der Waals surface area contributed by atoms with Gasteiger partial charge in [-0.05, 0) is 49.7 Å². The molecule has 0 aliphatic heterocycles. The van der Waals surface area contributed by atoms with Gasteiger partial charge in [-0.25, -0.2) is 9.78 Å². The zero-order chi connectivity index (χ0) is 19.8. The first kappa shape index (κ1) is 18.7. The highest BCUT2D eigenvalue weighted by molar-refractivity contribution is 7.18. The smallest absolute Gasteiger partial charge is 0.336 e. The molecule has 2 heterocycles. The lowest BCUT2D eigenvalue weighted by atomic mass is 9.99. The van der Waals surface area contributed by atoms with Gasteiger partial charge in [-0.2, -0.15) is 0 Å². The summed E-state index contributed by atoms with van der Waals surface area (Å²) in [5, 5.41) is 12.7. The third-order valence-corrected chi connectivity index (χ3v) is 5.96. The van der Waals surface area contributed by atoms with E-state index in [-0.39, 0.29) is 5.75 Å². The Hall–Kier alpha value is -2.70. The van der Waals surface area contributed by atoms with Gasteiger partial charge in [-0.15, -0.1) is 11.3 Å². The van der Waals surface area contributed by atoms with Crippen LogP contribution in [0.2, 0.25) is 0 Å². The normalized spacial score (nSPS) is 11.7. The Labute approximate surface area is 166 Å². The molecule has 144 valence electrons. The van der Waals surface area contributed by atoms with Crippen molar-refractivity contribution < 1.29 is 9.52 Å². The van der Waals surface area contributed by atoms with E-state index in [9.17, 15) is 9.90 Å². The van der Waals surface area contributed by atoms with Gasteiger partial charge in [-0.1, -0.05) is 19.1 Å². The second-order valence-corrected chi connectivity index (χ2v) is 8.20. The second-order valence-electron chi connectivity index (χ2n) is 7.09. The number of rotatable bonds is 5. The molecule has 2 aromatic heterocycles. The lowest BCUT2D eigenvalue weighted by Gasteiger charge is -2.19. The van der Waals surface area contributed by atoms with E-state index in [0.717, 1.165) is 31.7 Å². The lowest BCUT2D eigenvalue weighted by Crippen LogP contribution is -2.18. The molecule has 0 radical (unpaired) electrons. The minimum Gasteiger partial charge on any atom is -0.507 e. The summed E-state index contributed by atoms with van der Waals surface area (Å²) in [5.41, 5.74) is 3.43.